The largest absolute Gasteiger partial charge is 0.507 e. The van der Waals surface area contributed by atoms with E-state index in [2.05, 4.69) is 0 Å². The number of phenolic OH excluding ortho intramolecular Hbond substituents is 1. The lowest BCUT2D eigenvalue weighted by Gasteiger charge is -2.04. The minimum Gasteiger partial charge on any atom is -0.507 e. The highest BCUT2D eigenvalue weighted by atomic mass is 16.5. The van der Waals surface area contributed by atoms with Crippen molar-refractivity contribution < 1.29 is 19.7 Å². The van der Waals surface area contributed by atoms with Crippen LogP contribution in [-0.4, -0.2) is 23.1 Å². The third-order valence-electron chi connectivity index (χ3n) is 2.78. The number of rotatable bonds is 4. The number of methoxy groups -OCH3 is 1. The van der Waals surface area contributed by atoms with Gasteiger partial charge in [0.15, 0.2) is 5.76 Å². The van der Waals surface area contributed by atoms with E-state index in [-0.39, 0.29) is 11.3 Å². The van der Waals surface area contributed by atoms with E-state index in [0.29, 0.717) is 11.3 Å². The summed E-state index contributed by atoms with van der Waals surface area (Å²) in [5, 5.41) is 19.5. The predicted molar refractivity (Wildman–Crippen MR) is 76.0 cm³/mol. The lowest BCUT2D eigenvalue weighted by molar-refractivity contribution is 0.0978. The molecule has 0 aliphatic rings. The number of hydrogen-bond donors (Lipinski definition) is 2. The van der Waals surface area contributed by atoms with Crippen LogP contribution in [0.3, 0.4) is 0 Å². The van der Waals surface area contributed by atoms with Crippen molar-refractivity contribution in [2.75, 3.05) is 7.11 Å². The Morgan fingerprint density at radius 2 is 1.90 bits per heavy atom. The van der Waals surface area contributed by atoms with E-state index in [1.165, 1.54) is 25.3 Å². The molecular formula is C16H14O4. The van der Waals surface area contributed by atoms with Crippen molar-refractivity contribution in [2.45, 2.75) is 0 Å². The Morgan fingerprint density at radius 1 is 1.15 bits per heavy atom. The first kappa shape index (κ1) is 13.7. The molecule has 0 atom stereocenters. The number of para-hydroxylation sites is 1. The highest BCUT2D eigenvalue weighted by molar-refractivity contribution is 6.11. The smallest absolute Gasteiger partial charge is 0.231 e. The number of Topliss-reactive ketones (excluding diaryl/α,β-unsaturated/α-hetero) is 1. The molecule has 0 unspecified atom stereocenters. The maximum Gasteiger partial charge on any atom is 0.231 e. The van der Waals surface area contributed by atoms with E-state index in [1.54, 1.807) is 36.4 Å². The highest BCUT2D eigenvalue weighted by Crippen LogP contribution is 2.20. The van der Waals surface area contributed by atoms with Crippen LogP contribution < -0.4 is 4.74 Å². The van der Waals surface area contributed by atoms with E-state index in [0.717, 1.165) is 0 Å². The standard InChI is InChI=1S/C16H14O4/c1-20-12-6-4-5-11(9-12)10-15(18)16(19)13-7-2-3-8-14(13)17/h2-10,17-18H,1H3. The molecule has 4 heteroatoms. The summed E-state index contributed by atoms with van der Waals surface area (Å²) >= 11 is 0. The number of ether oxygens (including phenoxy) is 1. The van der Waals surface area contributed by atoms with Crippen molar-refractivity contribution >= 4 is 11.9 Å². The maximum atomic E-state index is 12.0. The maximum absolute atomic E-state index is 12.0. The van der Waals surface area contributed by atoms with Crippen molar-refractivity contribution in [1.29, 1.82) is 0 Å². The van der Waals surface area contributed by atoms with Crippen LogP contribution in [0.1, 0.15) is 15.9 Å². The molecule has 102 valence electrons. The van der Waals surface area contributed by atoms with Gasteiger partial charge in [-0.15, -0.1) is 0 Å². The van der Waals surface area contributed by atoms with Gasteiger partial charge in [-0.25, -0.2) is 0 Å². The number of phenols is 1. The van der Waals surface area contributed by atoms with Gasteiger partial charge in [0.2, 0.25) is 5.78 Å². The van der Waals surface area contributed by atoms with Gasteiger partial charge in [-0.1, -0.05) is 24.3 Å². The lowest BCUT2D eigenvalue weighted by Crippen LogP contribution is -2.03. The zero-order valence-corrected chi connectivity index (χ0v) is 10.9. The minimum atomic E-state index is -0.633. The molecule has 0 aromatic heterocycles. The number of carbonyl (C=O) groups is 1. The number of ketones is 1. The normalized spacial score (nSPS) is 11.2. The van der Waals surface area contributed by atoms with Crippen molar-refractivity contribution in [2.24, 2.45) is 0 Å². The van der Waals surface area contributed by atoms with E-state index in [1.807, 2.05) is 0 Å². The zero-order chi connectivity index (χ0) is 14.5. The number of aromatic hydroxyl groups is 1. The summed E-state index contributed by atoms with van der Waals surface area (Å²) in [5.41, 5.74) is 0.690. The molecule has 0 saturated carbocycles. The van der Waals surface area contributed by atoms with E-state index in [4.69, 9.17) is 4.74 Å². The number of carbonyl (C=O) groups excluding carboxylic acids is 1. The molecule has 2 N–H and O–H groups in total. The monoisotopic (exact) mass is 270 g/mol. The first-order chi connectivity index (χ1) is 9.61. The van der Waals surface area contributed by atoms with Crippen LogP contribution in [0.15, 0.2) is 54.3 Å². The number of allylic oxidation sites excluding steroid dienone is 1. The highest BCUT2D eigenvalue weighted by Gasteiger charge is 2.14. The SMILES string of the molecule is COc1cccc(C=C(O)C(=O)c2ccccc2O)c1. The van der Waals surface area contributed by atoms with Crippen LogP contribution >= 0.6 is 0 Å². The van der Waals surface area contributed by atoms with Gasteiger partial charge in [-0.3, -0.25) is 4.79 Å². The Labute approximate surface area is 116 Å². The Balaban J connectivity index is 2.30. The van der Waals surface area contributed by atoms with Crippen LogP contribution in [0.2, 0.25) is 0 Å². The Morgan fingerprint density at radius 3 is 2.60 bits per heavy atom. The molecule has 2 aromatic rings. The fourth-order valence-corrected chi connectivity index (χ4v) is 1.76. The van der Waals surface area contributed by atoms with Crippen LogP contribution in [0.5, 0.6) is 11.5 Å². The van der Waals surface area contributed by atoms with Gasteiger partial charge in [0.05, 0.1) is 12.7 Å². The number of aliphatic hydroxyl groups is 1. The molecule has 2 aromatic carbocycles. The predicted octanol–water partition coefficient (Wildman–Crippen LogP) is 3.18. The molecule has 0 fully saturated rings. The minimum absolute atomic E-state index is 0.0594. The van der Waals surface area contributed by atoms with Gasteiger partial charge in [-0.05, 0) is 35.9 Å². The van der Waals surface area contributed by atoms with Gasteiger partial charge in [-0.2, -0.15) is 0 Å². The lowest BCUT2D eigenvalue weighted by atomic mass is 10.1. The van der Waals surface area contributed by atoms with E-state index >= 15 is 0 Å². The summed E-state index contributed by atoms with van der Waals surface area (Å²) in [6.07, 6.45) is 1.33. The van der Waals surface area contributed by atoms with Gasteiger partial charge in [0.1, 0.15) is 11.5 Å². The summed E-state index contributed by atoms with van der Waals surface area (Å²) in [5.74, 6) is -0.615. The zero-order valence-electron chi connectivity index (χ0n) is 10.9. The average Bonchev–Trinajstić information content (AvgIpc) is 2.47. The quantitative estimate of drug-likeness (QED) is 0.508. The van der Waals surface area contributed by atoms with Gasteiger partial charge in [0.25, 0.3) is 0 Å². The number of aliphatic hydroxyl groups excluding tert-OH is 1. The molecule has 0 spiro atoms. The van der Waals surface area contributed by atoms with Gasteiger partial charge in [0, 0.05) is 0 Å². The average molecular weight is 270 g/mol. The van der Waals surface area contributed by atoms with E-state index in [9.17, 15) is 15.0 Å². The summed E-state index contributed by atoms with van der Waals surface area (Å²) in [6.45, 7) is 0. The molecule has 0 amide bonds. The van der Waals surface area contributed by atoms with Gasteiger partial charge < -0.3 is 14.9 Å². The topological polar surface area (TPSA) is 66.8 Å². The summed E-state index contributed by atoms with van der Waals surface area (Å²) in [4.78, 5) is 12.0. The van der Waals surface area contributed by atoms with Crippen LogP contribution in [-0.2, 0) is 0 Å². The first-order valence-corrected chi connectivity index (χ1v) is 5.99. The first-order valence-electron chi connectivity index (χ1n) is 5.99. The summed E-state index contributed by atoms with van der Waals surface area (Å²) < 4.78 is 5.06. The molecule has 0 saturated heterocycles. The molecule has 0 aliphatic heterocycles. The Bertz CT molecular complexity index is 659. The summed E-state index contributed by atoms with van der Waals surface area (Å²) in [7, 11) is 1.54. The number of benzene rings is 2. The van der Waals surface area contributed by atoms with E-state index < -0.39 is 11.5 Å². The second kappa shape index (κ2) is 5.93. The van der Waals surface area contributed by atoms with Crippen molar-refractivity contribution in [3.05, 3.63) is 65.4 Å². The fraction of sp³-hybridized carbons (Fsp3) is 0.0625. The second-order valence-electron chi connectivity index (χ2n) is 4.15. The molecule has 2 rings (SSSR count). The molecule has 0 aliphatic carbocycles. The molecule has 4 nitrogen and oxygen atoms in total. The van der Waals surface area contributed by atoms with Crippen molar-refractivity contribution in [3.8, 4) is 11.5 Å². The number of hydrogen-bond acceptors (Lipinski definition) is 4. The third kappa shape index (κ3) is 2.98. The van der Waals surface area contributed by atoms with Crippen LogP contribution in [0.25, 0.3) is 6.08 Å². The van der Waals surface area contributed by atoms with Crippen molar-refractivity contribution in [3.63, 3.8) is 0 Å². The summed E-state index contributed by atoms with van der Waals surface area (Å²) in [6, 6.07) is 13.0. The molecule has 0 heterocycles. The molecular weight excluding hydrogens is 256 g/mol. The third-order valence-corrected chi connectivity index (χ3v) is 2.78. The molecule has 0 radical (unpaired) electrons. The van der Waals surface area contributed by atoms with Gasteiger partial charge >= 0.3 is 0 Å². The van der Waals surface area contributed by atoms with Crippen LogP contribution in [0.4, 0.5) is 0 Å². The van der Waals surface area contributed by atoms with Crippen LogP contribution in [0, 0.1) is 0 Å². The Kier molecular flexibility index (Phi) is 4.05. The fourth-order valence-electron chi connectivity index (χ4n) is 1.76. The molecule has 0 bridgehead atoms. The second-order valence-corrected chi connectivity index (χ2v) is 4.15. The molecule has 20 heavy (non-hydrogen) atoms. The Hall–Kier alpha value is -2.75. The van der Waals surface area contributed by atoms with Crippen molar-refractivity contribution in [1.82, 2.24) is 0 Å².